The standard InChI is InChI=1S/C16H23N5O2/c1-11-10-17-21-13(19-15(22)23-16(2,3)4)9-12(18-14(11)21)20-7-5-6-8-20/h9-10H,5-8H2,1-4H3,(H,19,22). The van der Waals surface area contributed by atoms with Crippen molar-refractivity contribution < 1.29 is 9.53 Å². The summed E-state index contributed by atoms with van der Waals surface area (Å²) in [6.45, 7) is 9.44. The van der Waals surface area contributed by atoms with Crippen LogP contribution >= 0.6 is 0 Å². The Labute approximate surface area is 135 Å². The van der Waals surface area contributed by atoms with Crippen molar-refractivity contribution in [3.63, 3.8) is 0 Å². The van der Waals surface area contributed by atoms with E-state index in [9.17, 15) is 4.79 Å². The first kappa shape index (κ1) is 15.6. The van der Waals surface area contributed by atoms with Gasteiger partial charge in [0.1, 0.15) is 17.2 Å². The maximum Gasteiger partial charge on any atom is 0.413 e. The first-order chi connectivity index (χ1) is 10.8. The highest BCUT2D eigenvalue weighted by Crippen LogP contribution is 2.24. The number of carbonyl (C=O) groups is 1. The number of aryl methyl sites for hydroxylation is 1. The van der Waals surface area contributed by atoms with Crippen LogP contribution in [0, 0.1) is 6.92 Å². The lowest BCUT2D eigenvalue weighted by atomic mass is 10.2. The van der Waals surface area contributed by atoms with Crippen LogP contribution in [0.4, 0.5) is 16.4 Å². The zero-order chi connectivity index (χ0) is 16.6. The monoisotopic (exact) mass is 317 g/mol. The molecule has 1 aliphatic heterocycles. The van der Waals surface area contributed by atoms with Gasteiger partial charge in [-0.25, -0.2) is 9.78 Å². The average Bonchev–Trinajstić information content (AvgIpc) is 3.07. The Hall–Kier alpha value is -2.31. The highest BCUT2D eigenvalue weighted by molar-refractivity contribution is 5.85. The predicted octanol–water partition coefficient (Wildman–Crippen LogP) is 2.98. The number of hydrogen-bond acceptors (Lipinski definition) is 5. The maximum atomic E-state index is 12.1. The zero-order valence-electron chi connectivity index (χ0n) is 14.1. The van der Waals surface area contributed by atoms with Gasteiger partial charge in [-0.2, -0.15) is 9.61 Å². The number of carbonyl (C=O) groups excluding carboxylic acids is 1. The summed E-state index contributed by atoms with van der Waals surface area (Å²) in [6, 6.07) is 1.86. The van der Waals surface area contributed by atoms with E-state index in [1.54, 1.807) is 10.7 Å². The SMILES string of the molecule is Cc1cnn2c(NC(=O)OC(C)(C)C)cc(N3CCCC3)nc12. The van der Waals surface area contributed by atoms with E-state index in [-0.39, 0.29) is 0 Å². The third kappa shape index (κ3) is 3.38. The molecule has 0 radical (unpaired) electrons. The topological polar surface area (TPSA) is 71.8 Å². The van der Waals surface area contributed by atoms with Gasteiger partial charge in [-0.15, -0.1) is 0 Å². The predicted molar refractivity (Wildman–Crippen MR) is 89.0 cm³/mol. The Kier molecular flexibility index (Phi) is 3.87. The molecule has 0 saturated carbocycles. The van der Waals surface area contributed by atoms with Crippen molar-refractivity contribution >= 4 is 23.4 Å². The van der Waals surface area contributed by atoms with E-state index >= 15 is 0 Å². The van der Waals surface area contributed by atoms with E-state index in [0.29, 0.717) is 5.82 Å². The second kappa shape index (κ2) is 5.72. The molecule has 0 spiro atoms. The van der Waals surface area contributed by atoms with E-state index in [0.717, 1.165) is 30.1 Å². The quantitative estimate of drug-likeness (QED) is 0.922. The molecule has 3 heterocycles. The molecule has 3 rings (SSSR count). The summed E-state index contributed by atoms with van der Waals surface area (Å²) in [5, 5.41) is 7.09. The van der Waals surface area contributed by atoms with Gasteiger partial charge < -0.3 is 9.64 Å². The van der Waals surface area contributed by atoms with Crippen LogP contribution in [0.1, 0.15) is 39.2 Å². The molecule has 2 aromatic heterocycles. The van der Waals surface area contributed by atoms with Crippen molar-refractivity contribution in [3.8, 4) is 0 Å². The summed E-state index contributed by atoms with van der Waals surface area (Å²) in [6.07, 6.45) is 3.58. The fourth-order valence-electron chi connectivity index (χ4n) is 2.67. The second-order valence-electron chi connectivity index (χ2n) is 6.88. The highest BCUT2D eigenvalue weighted by Gasteiger charge is 2.20. The number of nitrogens with one attached hydrogen (secondary N) is 1. The molecule has 1 fully saturated rings. The summed E-state index contributed by atoms with van der Waals surface area (Å²) in [5.74, 6) is 1.43. The smallest absolute Gasteiger partial charge is 0.413 e. The molecule has 0 bridgehead atoms. The molecule has 7 nitrogen and oxygen atoms in total. The fraction of sp³-hybridized carbons (Fsp3) is 0.562. The third-order valence-corrected chi connectivity index (χ3v) is 3.69. The summed E-state index contributed by atoms with van der Waals surface area (Å²) in [7, 11) is 0. The summed E-state index contributed by atoms with van der Waals surface area (Å²) in [5.41, 5.74) is 1.17. The Morgan fingerprint density at radius 1 is 1.30 bits per heavy atom. The second-order valence-corrected chi connectivity index (χ2v) is 6.88. The first-order valence-electron chi connectivity index (χ1n) is 7.94. The van der Waals surface area contributed by atoms with Crippen LogP contribution in [0.15, 0.2) is 12.3 Å². The Morgan fingerprint density at radius 2 is 2.00 bits per heavy atom. The molecule has 0 atom stereocenters. The number of ether oxygens (including phenoxy) is 1. The minimum atomic E-state index is -0.548. The molecule has 23 heavy (non-hydrogen) atoms. The van der Waals surface area contributed by atoms with E-state index in [4.69, 9.17) is 9.72 Å². The molecule has 1 amide bonds. The molecule has 2 aromatic rings. The van der Waals surface area contributed by atoms with Crippen molar-refractivity contribution in [1.29, 1.82) is 0 Å². The lowest BCUT2D eigenvalue weighted by molar-refractivity contribution is 0.0635. The van der Waals surface area contributed by atoms with Crippen LogP contribution < -0.4 is 10.2 Å². The van der Waals surface area contributed by atoms with E-state index in [2.05, 4.69) is 15.3 Å². The van der Waals surface area contributed by atoms with Crippen LogP contribution in [-0.4, -0.2) is 39.4 Å². The Bertz CT molecular complexity index is 726. The fourth-order valence-corrected chi connectivity index (χ4v) is 2.67. The van der Waals surface area contributed by atoms with Gasteiger partial charge >= 0.3 is 6.09 Å². The number of nitrogens with zero attached hydrogens (tertiary/aromatic N) is 4. The van der Waals surface area contributed by atoms with Gasteiger partial charge in [0.15, 0.2) is 5.65 Å². The number of anilines is 2. The van der Waals surface area contributed by atoms with Gasteiger partial charge in [-0.3, -0.25) is 5.32 Å². The molecule has 1 saturated heterocycles. The summed E-state index contributed by atoms with van der Waals surface area (Å²) >= 11 is 0. The van der Waals surface area contributed by atoms with Gasteiger partial charge in [0, 0.05) is 24.7 Å². The molecular weight excluding hydrogens is 294 g/mol. The van der Waals surface area contributed by atoms with Gasteiger partial charge in [-0.1, -0.05) is 0 Å². The van der Waals surface area contributed by atoms with Gasteiger partial charge in [-0.05, 0) is 40.5 Å². The molecule has 7 heteroatoms. The zero-order valence-corrected chi connectivity index (χ0v) is 14.1. The maximum absolute atomic E-state index is 12.1. The highest BCUT2D eigenvalue weighted by atomic mass is 16.6. The third-order valence-electron chi connectivity index (χ3n) is 3.69. The molecule has 1 aliphatic rings. The molecule has 0 aliphatic carbocycles. The van der Waals surface area contributed by atoms with Crippen molar-refractivity contribution in [2.24, 2.45) is 0 Å². The minimum absolute atomic E-state index is 0.495. The van der Waals surface area contributed by atoms with Gasteiger partial charge in [0.2, 0.25) is 0 Å². The van der Waals surface area contributed by atoms with E-state index < -0.39 is 11.7 Å². The molecule has 0 unspecified atom stereocenters. The largest absolute Gasteiger partial charge is 0.444 e. The normalized spacial score (nSPS) is 15.2. The van der Waals surface area contributed by atoms with Crippen molar-refractivity contribution in [2.75, 3.05) is 23.3 Å². The average molecular weight is 317 g/mol. The van der Waals surface area contributed by atoms with Crippen LogP contribution in [0.25, 0.3) is 5.65 Å². The summed E-state index contributed by atoms with van der Waals surface area (Å²) < 4.78 is 6.98. The lowest BCUT2D eigenvalue weighted by Gasteiger charge is -2.21. The van der Waals surface area contributed by atoms with Crippen LogP contribution in [-0.2, 0) is 4.74 Å². The van der Waals surface area contributed by atoms with Crippen LogP contribution in [0.3, 0.4) is 0 Å². The van der Waals surface area contributed by atoms with E-state index in [1.807, 2.05) is 33.8 Å². The van der Waals surface area contributed by atoms with Crippen molar-refractivity contribution in [2.45, 2.75) is 46.1 Å². The van der Waals surface area contributed by atoms with Gasteiger partial charge in [0.25, 0.3) is 0 Å². The molecule has 1 N–H and O–H groups in total. The number of fused-ring (bicyclic) bond motifs is 1. The number of rotatable bonds is 2. The number of amides is 1. The van der Waals surface area contributed by atoms with E-state index in [1.165, 1.54) is 12.8 Å². The number of aromatic nitrogens is 3. The summed E-state index contributed by atoms with van der Waals surface area (Å²) in [4.78, 5) is 19.0. The Morgan fingerprint density at radius 3 is 2.65 bits per heavy atom. The van der Waals surface area contributed by atoms with Crippen LogP contribution in [0.2, 0.25) is 0 Å². The van der Waals surface area contributed by atoms with Crippen molar-refractivity contribution in [1.82, 2.24) is 14.6 Å². The number of hydrogen-bond donors (Lipinski definition) is 1. The minimum Gasteiger partial charge on any atom is -0.444 e. The van der Waals surface area contributed by atoms with Gasteiger partial charge in [0.05, 0.1) is 6.20 Å². The lowest BCUT2D eigenvalue weighted by Crippen LogP contribution is -2.28. The van der Waals surface area contributed by atoms with Crippen LogP contribution in [0.5, 0.6) is 0 Å². The van der Waals surface area contributed by atoms with Crippen molar-refractivity contribution in [3.05, 3.63) is 17.8 Å². The molecule has 124 valence electrons. The first-order valence-corrected chi connectivity index (χ1v) is 7.94. The Balaban J connectivity index is 1.95. The molecular formula is C16H23N5O2. The molecule has 0 aromatic carbocycles.